The quantitative estimate of drug-likeness (QED) is 0.600. The molecule has 0 saturated heterocycles. The van der Waals surface area contributed by atoms with Crippen LogP contribution in [0.1, 0.15) is 51.3 Å². The average Bonchev–Trinajstić information content (AvgIpc) is 2.99. The van der Waals surface area contributed by atoms with E-state index in [1.165, 1.54) is 19.2 Å². The van der Waals surface area contributed by atoms with Gasteiger partial charge in [-0.3, -0.25) is 19.3 Å². The van der Waals surface area contributed by atoms with Crippen LogP contribution in [0.4, 0.5) is 5.69 Å². The van der Waals surface area contributed by atoms with E-state index < -0.39 is 29.7 Å². The number of benzene rings is 2. The number of nitrogens with one attached hydrogen (secondary N) is 1. The molecule has 3 rings (SSSR count). The van der Waals surface area contributed by atoms with Crippen LogP contribution in [0.2, 0.25) is 0 Å². The monoisotopic (exact) mass is 394 g/mol. The summed E-state index contributed by atoms with van der Waals surface area (Å²) < 4.78 is 4.66. The van der Waals surface area contributed by atoms with Gasteiger partial charge in [0, 0.05) is 5.69 Å². The number of amides is 3. The van der Waals surface area contributed by atoms with Crippen molar-refractivity contribution in [1.29, 1.82) is 0 Å². The molecule has 0 unspecified atom stereocenters. The van der Waals surface area contributed by atoms with Gasteiger partial charge < -0.3 is 10.1 Å². The molecular formula is C22H22N2O5. The Labute approximate surface area is 168 Å². The van der Waals surface area contributed by atoms with Gasteiger partial charge in [-0.25, -0.2) is 4.79 Å². The molecule has 0 fully saturated rings. The van der Waals surface area contributed by atoms with Crippen molar-refractivity contribution in [3.63, 3.8) is 0 Å². The molecule has 7 nitrogen and oxygen atoms in total. The fraction of sp³-hybridized carbons (Fsp3) is 0.273. The molecule has 1 aliphatic heterocycles. The van der Waals surface area contributed by atoms with Crippen LogP contribution in [0.25, 0.3) is 0 Å². The first-order valence-electron chi connectivity index (χ1n) is 9.35. The van der Waals surface area contributed by atoms with Crippen LogP contribution in [-0.4, -0.2) is 41.7 Å². The Morgan fingerprint density at radius 2 is 1.55 bits per heavy atom. The molecule has 1 N–H and O–H groups in total. The van der Waals surface area contributed by atoms with Gasteiger partial charge in [-0.05, 0) is 42.3 Å². The summed E-state index contributed by atoms with van der Waals surface area (Å²) in [5, 5.41) is 2.75. The van der Waals surface area contributed by atoms with E-state index in [0.717, 1.165) is 4.90 Å². The summed E-state index contributed by atoms with van der Waals surface area (Å²) in [5.41, 5.74) is 1.42. The van der Waals surface area contributed by atoms with Crippen LogP contribution in [0.3, 0.4) is 0 Å². The number of hydrogen-bond acceptors (Lipinski definition) is 5. The van der Waals surface area contributed by atoms with Crippen LogP contribution < -0.4 is 5.32 Å². The highest BCUT2D eigenvalue weighted by Crippen LogP contribution is 2.29. The van der Waals surface area contributed by atoms with Crippen molar-refractivity contribution in [3.8, 4) is 0 Å². The summed E-state index contributed by atoms with van der Waals surface area (Å²) in [6.45, 7) is 3.72. The number of hydrogen-bond donors (Lipinski definition) is 1. The lowest BCUT2D eigenvalue weighted by Gasteiger charge is -2.29. The number of imide groups is 1. The molecule has 29 heavy (non-hydrogen) atoms. The van der Waals surface area contributed by atoms with Gasteiger partial charge in [0.15, 0.2) is 0 Å². The standard InChI is InChI=1S/C22H22N2O5/c1-4-13(2)18(24-20(26)16-7-5-6-8-17(16)21(24)27)19(25)23-15-11-9-14(10-12-15)22(28)29-3/h5-13,18H,4H2,1-3H3,(H,23,25)/t13-,18+/m1/s1. The summed E-state index contributed by atoms with van der Waals surface area (Å²) in [5.74, 6) is -2.11. The van der Waals surface area contributed by atoms with Crippen LogP contribution in [-0.2, 0) is 9.53 Å². The number of anilines is 1. The minimum absolute atomic E-state index is 0.244. The summed E-state index contributed by atoms with van der Waals surface area (Å²) >= 11 is 0. The molecule has 2 atom stereocenters. The number of carbonyl (C=O) groups excluding carboxylic acids is 4. The Morgan fingerprint density at radius 1 is 1.00 bits per heavy atom. The zero-order chi connectivity index (χ0) is 21.1. The predicted octanol–water partition coefficient (Wildman–Crippen LogP) is 3.12. The Hall–Kier alpha value is -3.48. The number of carbonyl (C=O) groups is 4. The van der Waals surface area contributed by atoms with Gasteiger partial charge >= 0.3 is 5.97 Å². The lowest BCUT2D eigenvalue weighted by molar-refractivity contribution is -0.121. The molecule has 0 spiro atoms. The summed E-state index contributed by atoms with van der Waals surface area (Å²) in [7, 11) is 1.29. The van der Waals surface area contributed by atoms with Crippen molar-refractivity contribution in [2.75, 3.05) is 12.4 Å². The highest BCUT2D eigenvalue weighted by Gasteiger charge is 2.44. The van der Waals surface area contributed by atoms with Gasteiger partial charge in [0.05, 0.1) is 23.8 Å². The van der Waals surface area contributed by atoms with Gasteiger partial charge in [0.2, 0.25) is 5.91 Å². The lowest BCUT2D eigenvalue weighted by Crippen LogP contribution is -2.50. The molecule has 1 heterocycles. The predicted molar refractivity (Wildman–Crippen MR) is 107 cm³/mol. The molecule has 150 valence electrons. The maximum Gasteiger partial charge on any atom is 0.337 e. The van der Waals surface area contributed by atoms with Crippen molar-refractivity contribution >= 4 is 29.4 Å². The van der Waals surface area contributed by atoms with E-state index in [1.807, 2.05) is 13.8 Å². The molecule has 2 aromatic rings. The van der Waals surface area contributed by atoms with Crippen molar-refractivity contribution in [1.82, 2.24) is 4.90 Å². The van der Waals surface area contributed by atoms with Crippen molar-refractivity contribution in [2.45, 2.75) is 26.3 Å². The second kappa shape index (κ2) is 8.26. The summed E-state index contributed by atoms with van der Waals surface area (Å²) in [6.07, 6.45) is 0.604. The molecular weight excluding hydrogens is 372 g/mol. The van der Waals surface area contributed by atoms with Gasteiger partial charge in [-0.1, -0.05) is 32.4 Å². The third kappa shape index (κ3) is 3.76. The van der Waals surface area contributed by atoms with Crippen molar-refractivity contribution in [2.24, 2.45) is 5.92 Å². The molecule has 1 aliphatic rings. The number of ether oxygens (including phenoxy) is 1. The number of esters is 1. The number of methoxy groups -OCH3 is 1. The van der Waals surface area contributed by atoms with E-state index in [0.29, 0.717) is 28.8 Å². The van der Waals surface area contributed by atoms with Crippen molar-refractivity contribution in [3.05, 3.63) is 65.2 Å². The molecule has 0 radical (unpaired) electrons. The first-order chi connectivity index (χ1) is 13.9. The molecule has 0 aromatic heterocycles. The minimum Gasteiger partial charge on any atom is -0.465 e. The normalized spacial score (nSPS) is 14.9. The molecule has 2 aromatic carbocycles. The average molecular weight is 394 g/mol. The van der Waals surface area contributed by atoms with Gasteiger partial charge in [0.1, 0.15) is 6.04 Å². The Kier molecular flexibility index (Phi) is 5.77. The highest BCUT2D eigenvalue weighted by atomic mass is 16.5. The first kappa shape index (κ1) is 20.3. The number of nitrogens with zero attached hydrogens (tertiary/aromatic N) is 1. The van der Waals surface area contributed by atoms with Crippen LogP contribution in [0.5, 0.6) is 0 Å². The van der Waals surface area contributed by atoms with Gasteiger partial charge in [0.25, 0.3) is 11.8 Å². The van der Waals surface area contributed by atoms with E-state index in [9.17, 15) is 19.2 Å². The van der Waals surface area contributed by atoms with Gasteiger partial charge in [-0.15, -0.1) is 0 Å². The first-order valence-corrected chi connectivity index (χ1v) is 9.35. The maximum atomic E-state index is 13.1. The van der Waals surface area contributed by atoms with Crippen LogP contribution in [0, 0.1) is 5.92 Å². The summed E-state index contributed by atoms with van der Waals surface area (Å²) in [6, 6.07) is 11.8. The topological polar surface area (TPSA) is 92.8 Å². The van der Waals surface area contributed by atoms with E-state index in [2.05, 4.69) is 10.1 Å². The maximum absolute atomic E-state index is 13.1. The van der Waals surface area contributed by atoms with Crippen molar-refractivity contribution < 1.29 is 23.9 Å². The minimum atomic E-state index is -0.951. The lowest BCUT2D eigenvalue weighted by atomic mass is 9.96. The van der Waals surface area contributed by atoms with Gasteiger partial charge in [-0.2, -0.15) is 0 Å². The number of fused-ring (bicyclic) bond motifs is 1. The molecule has 0 bridgehead atoms. The highest BCUT2D eigenvalue weighted by molar-refractivity contribution is 6.23. The molecule has 3 amide bonds. The number of rotatable bonds is 6. The zero-order valence-electron chi connectivity index (χ0n) is 16.5. The zero-order valence-corrected chi connectivity index (χ0v) is 16.5. The second-order valence-corrected chi connectivity index (χ2v) is 6.91. The Morgan fingerprint density at radius 3 is 2.03 bits per heavy atom. The van der Waals surface area contributed by atoms with Crippen LogP contribution >= 0.6 is 0 Å². The SMILES string of the molecule is CC[C@@H](C)[C@@H](C(=O)Nc1ccc(C(=O)OC)cc1)N1C(=O)c2ccccc2C1=O. The Bertz CT molecular complexity index is 932. The van der Waals surface area contributed by atoms with E-state index >= 15 is 0 Å². The fourth-order valence-electron chi connectivity index (χ4n) is 3.34. The second-order valence-electron chi connectivity index (χ2n) is 6.91. The third-order valence-electron chi connectivity index (χ3n) is 5.13. The smallest absolute Gasteiger partial charge is 0.337 e. The third-order valence-corrected chi connectivity index (χ3v) is 5.13. The Balaban J connectivity index is 1.86. The van der Waals surface area contributed by atoms with E-state index in [1.54, 1.807) is 36.4 Å². The summed E-state index contributed by atoms with van der Waals surface area (Å²) in [4.78, 5) is 51.4. The largest absolute Gasteiger partial charge is 0.465 e. The fourth-order valence-corrected chi connectivity index (χ4v) is 3.34. The molecule has 0 saturated carbocycles. The van der Waals surface area contributed by atoms with E-state index in [-0.39, 0.29) is 5.92 Å². The van der Waals surface area contributed by atoms with E-state index in [4.69, 9.17) is 0 Å². The van der Waals surface area contributed by atoms with Crippen LogP contribution in [0.15, 0.2) is 48.5 Å². The molecule has 0 aliphatic carbocycles. The molecule has 7 heteroatoms.